The molecule has 0 saturated heterocycles. The molecule has 2 aromatic carbocycles. The van der Waals surface area contributed by atoms with E-state index in [2.05, 4.69) is 11.2 Å². The summed E-state index contributed by atoms with van der Waals surface area (Å²) in [6, 6.07) is 9.92. The topological polar surface area (TPSA) is 46.5 Å². The van der Waals surface area contributed by atoms with Crippen LogP contribution in [0.3, 0.4) is 0 Å². The van der Waals surface area contributed by atoms with Crippen molar-refractivity contribution < 1.29 is 14.5 Å². The molecule has 2 aromatic heterocycles. The maximum atomic E-state index is 12.9. The second-order valence-electron chi connectivity index (χ2n) is 5.68. The van der Waals surface area contributed by atoms with Crippen LogP contribution < -0.4 is 0 Å². The van der Waals surface area contributed by atoms with Crippen molar-refractivity contribution >= 4 is 21.9 Å². The third-order valence-corrected chi connectivity index (χ3v) is 4.04. The molecule has 0 atom stereocenters. The summed E-state index contributed by atoms with van der Waals surface area (Å²) < 4.78 is 50.1. The van der Waals surface area contributed by atoms with Gasteiger partial charge in [0, 0.05) is 24.3 Å². The lowest BCUT2D eigenvalue weighted by Gasteiger charge is -2.10. The van der Waals surface area contributed by atoms with E-state index < -0.39 is 11.7 Å². The van der Waals surface area contributed by atoms with E-state index in [0.717, 1.165) is 12.1 Å². The van der Waals surface area contributed by atoms with Gasteiger partial charge in [0.1, 0.15) is 5.52 Å². The standard InChI is InChI=1S/C18H11F3N4/c1-24-10-16-17(23-24)14-8-11(9-22)2-7-15(14)25(16)13-5-3-12(4-6-13)18(19,20)21/h2-8,10H,1H3/i5D. The van der Waals surface area contributed by atoms with Crippen LogP contribution in [-0.4, -0.2) is 14.3 Å². The highest BCUT2D eigenvalue weighted by Crippen LogP contribution is 2.34. The Morgan fingerprint density at radius 2 is 1.96 bits per heavy atom. The number of aromatic nitrogens is 3. The van der Waals surface area contributed by atoms with Gasteiger partial charge in [-0.2, -0.15) is 23.5 Å². The Hall–Kier alpha value is -3.27. The largest absolute Gasteiger partial charge is 0.416 e. The molecule has 0 amide bonds. The van der Waals surface area contributed by atoms with E-state index in [1.807, 2.05) is 0 Å². The molecule has 4 rings (SSSR count). The van der Waals surface area contributed by atoms with Crippen molar-refractivity contribution in [2.45, 2.75) is 6.18 Å². The lowest BCUT2D eigenvalue weighted by molar-refractivity contribution is -0.137. The summed E-state index contributed by atoms with van der Waals surface area (Å²) in [5.41, 5.74) is 1.87. The second kappa shape index (κ2) is 5.11. The molecule has 0 unspecified atom stereocenters. The molecular weight excluding hydrogens is 329 g/mol. The normalized spacial score (nSPS) is 12.5. The minimum absolute atomic E-state index is 0.244. The number of benzene rings is 2. The van der Waals surface area contributed by atoms with Crippen LogP contribution in [-0.2, 0) is 13.2 Å². The van der Waals surface area contributed by atoms with Gasteiger partial charge in [-0.1, -0.05) is 0 Å². The average molecular weight is 341 g/mol. The molecule has 4 aromatic rings. The Labute approximate surface area is 141 Å². The molecule has 2 heterocycles. The maximum absolute atomic E-state index is 12.9. The second-order valence-corrected chi connectivity index (χ2v) is 5.68. The molecule has 0 spiro atoms. The number of hydrogen-bond acceptors (Lipinski definition) is 2. The van der Waals surface area contributed by atoms with Crippen LogP contribution in [0.1, 0.15) is 12.5 Å². The molecule has 7 heteroatoms. The Bertz CT molecular complexity index is 1210. The van der Waals surface area contributed by atoms with E-state index in [-0.39, 0.29) is 6.04 Å². The fourth-order valence-corrected chi connectivity index (χ4v) is 2.94. The highest BCUT2D eigenvalue weighted by Gasteiger charge is 2.30. The minimum Gasteiger partial charge on any atom is -0.306 e. The average Bonchev–Trinajstić information content (AvgIpc) is 3.09. The van der Waals surface area contributed by atoms with Gasteiger partial charge in [0.2, 0.25) is 0 Å². The van der Waals surface area contributed by atoms with Crippen LogP contribution in [0.15, 0.2) is 48.6 Å². The zero-order chi connectivity index (χ0) is 18.6. The fraction of sp³-hybridized carbons (Fsp3) is 0.111. The van der Waals surface area contributed by atoms with Crippen molar-refractivity contribution in [2.24, 2.45) is 7.05 Å². The van der Waals surface area contributed by atoms with E-state index in [1.165, 1.54) is 6.07 Å². The molecule has 0 fully saturated rings. The molecule has 25 heavy (non-hydrogen) atoms. The van der Waals surface area contributed by atoms with E-state index in [9.17, 15) is 13.2 Å². The molecular formula is C18H11F3N4. The van der Waals surface area contributed by atoms with E-state index >= 15 is 0 Å². The van der Waals surface area contributed by atoms with Gasteiger partial charge in [-0.15, -0.1) is 0 Å². The molecule has 0 saturated carbocycles. The Kier molecular flexibility index (Phi) is 2.88. The summed E-state index contributed by atoms with van der Waals surface area (Å²) in [6.45, 7) is 0. The van der Waals surface area contributed by atoms with Crippen LogP contribution in [0, 0.1) is 11.3 Å². The van der Waals surface area contributed by atoms with Crippen molar-refractivity contribution in [1.82, 2.24) is 14.3 Å². The molecule has 0 aliphatic rings. The van der Waals surface area contributed by atoms with Crippen LogP contribution in [0.25, 0.3) is 27.6 Å². The fourth-order valence-electron chi connectivity index (χ4n) is 2.94. The lowest BCUT2D eigenvalue weighted by Crippen LogP contribution is -2.05. The zero-order valence-electron chi connectivity index (χ0n) is 14.0. The van der Waals surface area contributed by atoms with Crippen molar-refractivity contribution in [2.75, 3.05) is 0 Å². The molecule has 0 aliphatic heterocycles. The Morgan fingerprint density at radius 1 is 1.16 bits per heavy atom. The predicted molar refractivity (Wildman–Crippen MR) is 87.3 cm³/mol. The van der Waals surface area contributed by atoms with Gasteiger partial charge >= 0.3 is 6.18 Å². The van der Waals surface area contributed by atoms with Gasteiger partial charge in [-0.25, -0.2) is 0 Å². The minimum atomic E-state index is -4.50. The monoisotopic (exact) mass is 341 g/mol. The highest BCUT2D eigenvalue weighted by molar-refractivity contribution is 6.07. The smallest absolute Gasteiger partial charge is 0.306 e. The zero-order valence-corrected chi connectivity index (χ0v) is 13.0. The molecule has 124 valence electrons. The first-order valence-electron chi connectivity index (χ1n) is 7.86. The van der Waals surface area contributed by atoms with Crippen LogP contribution in [0.2, 0.25) is 0 Å². The molecule has 4 nitrogen and oxygen atoms in total. The van der Waals surface area contributed by atoms with Crippen molar-refractivity contribution in [1.29, 1.82) is 5.26 Å². The molecule has 0 bridgehead atoms. The Morgan fingerprint density at radius 3 is 2.64 bits per heavy atom. The number of nitriles is 1. The van der Waals surface area contributed by atoms with E-state index in [4.69, 9.17) is 6.63 Å². The van der Waals surface area contributed by atoms with Gasteiger partial charge in [-0.3, -0.25) is 4.68 Å². The van der Waals surface area contributed by atoms with Crippen LogP contribution in [0.4, 0.5) is 13.2 Å². The van der Waals surface area contributed by atoms with Gasteiger partial charge in [0.25, 0.3) is 0 Å². The van der Waals surface area contributed by atoms with E-state index in [0.29, 0.717) is 33.2 Å². The third kappa shape index (κ3) is 2.34. The maximum Gasteiger partial charge on any atom is 0.416 e. The number of fused-ring (bicyclic) bond motifs is 3. The number of rotatable bonds is 1. The first kappa shape index (κ1) is 14.1. The summed E-state index contributed by atoms with van der Waals surface area (Å²) in [4.78, 5) is 0. The van der Waals surface area contributed by atoms with Crippen LogP contribution in [0.5, 0.6) is 0 Å². The number of alkyl halides is 3. The summed E-state index contributed by atoms with van der Waals surface area (Å²) in [7, 11) is 1.73. The van der Waals surface area contributed by atoms with Crippen molar-refractivity contribution in [3.05, 3.63) is 59.8 Å². The Balaban J connectivity index is 2.06. The third-order valence-electron chi connectivity index (χ3n) is 4.04. The summed E-state index contributed by atoms with van der Waals surface area (Å²) in [6.07, 6.45) is -2.77. The van der Waals surface area contributed by atoms with Crippen molar-refractivity contribution in [3.8, 4) is 11.8 Å². The van der Waals surface area contributed by atoms with Gasteiger partial charge in [0.05, 0.1) is 29.6 Å². The number of hydrogen-bond donors (Lipinski definition) is 0. The lowest BCUT2D eigenvalue weighted by atomic mass is 10.1. The summed E-state index contributed by atoms with van der Waals surface area (Å²) >= 11 is 0. The number of nitrogens with zero attached hydrogens (tertiary/aromatic N) is 4. The highest BCUT2D eigenvalue weighted by atomic mass is 19.4. The summed E-state index contributed by atoms with van der Waals surface area (Å²) in [5, 5.41) is 14.2. The van der Waals surface area contributed by atoms with Gasteiger partial charge < -0.3 is 4.57 Å². The van der Waals surface area contributed by atoms with Crippen molar-refractivity contribution in [3.63, 3.8) is 0 Å². The molecule has 0 aliphatic carbocycles. The first-order valence-corrected chi connectivity index (χ1v) is 7.36. The first-order chi connectivity index (χ1) is 12.3. The van der Waals surface area contributed by atoms with Gasteiger partial charge in [-0.05, 0) is 42.4 Å². The number of aryl methyl sites for hydroxylation is 1. The van der Waals surface area contributed by atoms with Crippen LogP contribution >= 0.6 is 0 Å². The predicted octanol–water partition coefficient (Wildman–Crippen LogP) is 4.41. The summed E-state index contributed by atoms with van der Waals surface area (Å²) in [5.74, 6) is 0. The quantitative estimate of drug-likeness (QED) is 0.515. The molecule has 0 N–H and O–H groups in total. The number of halogens is 3. The SMILES string of the molecule is [2H]c1cc(C(F)(F)F)ccc1-n1c2ccc(C#N)cc2c2nn(C)cc21. The molecule has 0 radical (unpaired) electrons. The van der Waals surface area contributed by atoms with Gasteiger partial charge in [0.15, 0.2) is 0 Å². The van der Waals surface area contributed by atoms with E-state index in [1.54, 1.807) is 40.7 Å².